The van der Waals surface area contributed by atoms with Gasteiger partial charge in [-0.2, -0.15) is 0 Å². The van der Waals surface area contributed by atoms with Crippen LogP contribution in [-0.4, -0.2) is 34.6 Å². The van der Waals surface area contributed by atoms with Crippen molar-refractivity contribution in [2.45, 2.75) is 25.8 Å². The monoisotopic (exact) mass is 274 g/mol. The topological polar surface area (TPSA) is 83.6 Å². The van der Waals surface area contributed by atoms with Gasteiger partial charge in [-0.15, -0.1) is 0 Å². The van der Waals surface area contributed by atoms with Gasteiger partial charge < -0.3 is 0 Å². The lowest BCUT2D eigenvalue weighted by molar-refractivity contribution is -0.149. The maximum atomic E-state index is 12.3. The first-order valence-electron chi connectivity index (χ1n) is 6.12. The highest BCUT2D eigenvalue weighted by Crippen LogP contribution is 2.29. The van der Waals surface area contributed by atoms with Crippen LogP contribution in [0.25, 0.3) is 0 Å². The smallest absolute Gasteiger partial charge is 0.262 e. The standard InChI is InChI=1S/C14H14N2O4/c1-4-8-11(7(2)3)14(20)16(13(8)19)9-5-6-10(17)15-12(9)18/h4,9H,1-2,5-6H2,3H3,(H,15,17,18). The van der Waals surface area contributed by atoms with Crippen molar-refractivity contribution in [2.24, 2.45) is 0 Å². The predicted octanol–water partition coefficient (Wildman–Crippen LogP) is 0.219. The highest BCUT2D eigenvalue weighted by atomic mass is 16.2. The van der Waals surface area contributed by atoms with Gasteiger partial charge in [0.25, 0.3) is 11.8 Å². The van der Waals surface area contributed by atoms with E-state index < -0.39 is 29.7 Å². The summed E-state index contributed by atoms with van der Waals surface area (Å²) in [5.41, 5.74) is 0.759. The second-order valence-electron chi connectivity index (χ2n) is 4.72. The van der Waals surface area contributed by atoms with Crippen molar-refractivity contribution in [1.29, 1.82) is 0 Å². The summed E-state index contributed by atoms with van der Waals surface area (Å²) < 4.78 is 0. The van der Waals surface area contributed by atoms with Crippen LogP contribution in [0.1, 0.15) is 19.8 Å². The minimum absolute atomic E-state index is 0.0965. The molecule has 0 aliphatic carbocycles. The molecule has 0 radical (unpaired) electrons. The molecule has 1 atom stereocenters. The zero-order chi connectivity index (χ0) is 15.0. The Kier molecular flexibility index (Phi) is 3.40. The Morgan fingerprint density at radius 3 is 2.40 bits per heavy atom. The highest BCUT2D eigenvalue weighted by molar-refractivity contribution is 6.24. The van der Waals surface area contributed by atoms with Gasteiger partial charge in [0, 0.05) is 6.42 Å². The Labute approximate surface area is 115 Å². The first-order chi connectivity index (χ1) is 9.38. The van der Waals surface area contributed by atoms with Gasteiger partial charge in [0.15, 0.2) is 0 Å². The molecular weight excluding hydrogens is 260 g/mol. The zero-order valence-electron chi connectivity index (χ0n) is 11.1. The van der Waals surface area contributed by atoms with E-state index in [-0.39, 0.29) is 24.0 Å². The minimum atomic E-state index is -0.959. The Balaban J connectivity index is 2.37. The van der Waals surface area contributed by atoms with E-state index in [0.717, 1.165) is 4.90 Å². The van der Waals surface area contributed by atoms with Crippen molar-refractivity contribution in [3.05, 3.63) is 36.0 Å². The van der Waals surface area contributed by atoms with Gasteiger partial charge in [-0.3, -0.25) is 29.4 Å². The van der Waals surface area contributed by atoms with Gasteiger partial charge in [0.1, 0.15) is 6.04 Å². The largest absolute Gasteiger partial charge is 0.295 e. The van der Waals surface area contributed by atoms with Crippen LogP contribution in [0.3, 0.4) is 0 Å². The SMILES string of the molecule is C=CC1=C(C(=C)C)C(=O)N(C2CCC(=O)NC2=O)C1=O. The van der Waals surface area contributed by atoms with E-state index in [4.69, 9.17) is 0 Å². The van der Waals surface area contributed by atoms with E-state index in [1.54, 1.807) is 6.92 Å². The third kappa shape index (κ3) is 1.99. The maximum Gasteiger partial charge on any atom is 0.262 e. The molecule has 2 aliphatic rings. The summed E-state index contributed by atoms with van der Waals surface area (Å²) in [6, 6.07) is -0.959. The minimum Gasteiger partial charge on any atom is -0.295 e. The normalized spacial score (nSPS) is 23.2. The Hall–Kier alpha value is -2.50. The molecule has 6 nitrogen and oxygen atoms in total. The fraction of sp³-hybridized carbons (Fsp3) is 0.286. The first-order valence-corrected chi connectivity index (χ1v) is 6.12. The van der Waals surface area contributed by atoms with Gasteiger partial charge in [-0.25, -0.2) is 0 Å². The van der Waals surface area contributed by atoms with Crippen LogP contribution in [0.5, 0.6) is 0 Å². The second kappa shape index (κ2) is 4.88. The predicted molar refractivity (Wildman–Crippen MR) is 70.1 cm³/mol. The van der Waals surface area contributed by atoms with Gasteiger partial charge in [0.05, 0.1) is 11.1 Å². The summed E-state index contributed by atoms with van der Waals surface area (Å²) in [5, 5.41) is 2.13. The number of carbonyl (C=O) groups excluding carboxylic acids is 4. The Bertz CT molecular complexity index is 600. The number of piperidine rings is 1. The number of rotatable bonds is 3. The second-order valence-corrected chi connectivity index (χ2v) is 4.72. The van der Waals surface area contributed by atoms with Crippen LogP contribution in [0, 0.1) is 0 Å². The lowest BCUT2D eigenvalue weighted by Crippen LogP contribution is -2.54. The number of imide groups is 2. The molecule has 6 heteroatoms. The van der Waals surface area contributed by atoms with Crippen molar-refractivity contribution in [1.82, 2.24) is 10.2 Å². The van der Waals surface area contributed by atoms with Crippen molar-refractivity contribution in [2.75, 3.05) is 0 Å². The molecule has 1 fully saturated rings. The van der Waals surface area contributed by atoms with Crippen molar-refractivity contribution in [3.63, 3.8) is 0 Å². The van der Waals surface area contributed by atoms with Gasteiger partial charge in [-0.05, 0) is 18.9 Å². The number of hydrogen-bond donors (Lipinski definition) is 1. The van der Waals surface area contributed by atoms with E-state index in [2.05, 4.69) is 18.5 Å². The summed E-state index contributed by atoms with van der Waals surface area (Å²) in [7, 11) is 0. The van der Waals surface area contributed by atoms with E-state index in [1.807, 2.05) is 0 Å². The molecule has 1 N–H and O–H groups in total. The molecule has 1 unspecified atom stereocenters. The average molecular weight is 274 g/mol. The van der Waals surface area contributed by atoms with Crippen LogP contribution in [0.2, 0.25) is 0 Å². The molecule has 2 rings (SSSR count). The lowest BCUT2D eigenvalue weighted by atomic mass is 10.0. The summed E-state index contributed by atoms with van der Waals surface area (Å²) in [5.74, 6) is -2.17. The van der Waals surface area contributed by atoms with E-state index >= 15 is 0 Å². The molecule has 104 valence electrons. The third-order valence-electron chi connectivity index (χ3n) is 3.30. The fourth-order valence-electron chi connectivity index (χ4n) is 2.38. The summed E-state index contributed by atoms with van der Waals surface area (Å²) in [4.78, 5) is 48.4. The molecule has 0 saturated carbocycles. The average Bonchev–Trinajstić information content (AvgIpc) is 2.61. The molecule has 0 spiro atoms. The van der Waals surface area contributed by atoms with Crippen LogP contribution in [0.4, 0.5) is 0 Å². The van der Waals surface area contributed by atoms with Gasteiger partial charge in [-0.1, -0.05) is 19.2 Å². The van der Waals surface area contributed by atoms with Crippen LogP contribution in [0.15, 0.2) is 36.0 Å². The molecule has 0 aromatic rings. The lowest BCUT2D eigenvalue weighted by Gasteiger charge is -2.28. The molecule has 2 heterocycles. The molecule has 4 amide bonds. The molecule has 1 saturated heterocycles. The van der Waals surface area contributed by atoms with E-state index in [9.17, 15) is 19.2 Å². The van der Waals surface area contributed by atoms with Crippen molar-refractivity contribution in [3.8, 4) is 0 Å². The fourth-order valence-corrected chi connectivity index (χ4v) is 2.38. The van der Waals surface area contributed by atoms with Gasteiger partial charge >= 0.3 is 0 Å². The number of nitrogens with zero attached hydrogens (tertiary/aromatic N) is 1. The van der Waals surface area contributed by atoms with Crippen LogP contribution in [-0.2, 0) is 19.2 Å². The molecular formula is C14H14N2O4. The van der Waals surface area contributed by atoms with E-state index in [0.29, 0.717) is 5.57 Å². The molecule has 0 aromatic carbocycles. The van der Waals surface area contributed by atoms with Crippen LogP contribution >= 0.6 is 0 Å². The van der Waals surface area contributed by atoms with Gasteiger partial charge in [0.2, 0.25) is 11.8 Å². The summed E-state index contributed by atoms with van der Waals surface area (Å²) in [6.45, 7) is 8.80. The number of amides is 4. The molecule has 20 heavy (non-hydrogen) atoms. The quantitative estimate of drug-likeness (QED) is 0.746. The summed E-state index contributed by atoms with van der Waals surface area (Å²) >= 11 is 0. The zero-order valence-corrected chi connectivity index (χ0v) is 11.1. The number of carbonyl (C=O) groups is 4. The van der Waals surface area contributed by atoms with E-state index in [1.165, 1.54) is 6.08 Å². The molecule has 0 bridgehead atoms. The number of nitrogens with one attached hydrogen (secondary N) is 1. The first kappa shape index (κ1) is 13.9. The maximum absolute atomic E-state index is 12.3. The third-order valence-corrected chi connectivity index (χ3v) is 3.30. The molecule has 0 aromatic heterocycles. The highest BCUT2D eigenvalue weighted by Gasteiger charge is 2.45. The Morgan fingerprint density at radius 2 is 1.95 bits per heavy atom. The number of hydrogen-bond acceptors (Lipinski definition) is 4. The Morgan fingerprint density at radius 1 is 1.30 bits per heavy atom. The summed E-state index contributed by atoms with van der Waals surface area (Å²) in [6.07, 6.45) is 1.52. The van der Waals surface area contributed by atoms with Crippen molar-refractivity contribution >= 4 is 23.6 Å². The van der Waals surface area contributed by atoms with Crippen molar-refractivity contribution < 1.29 is 19.2 Å². The molecule has 2 aliphatic heterocycles. The van der Waals surface area contributed by atoms with Crippen LogP contribution < -0.4 is 5.32 Å².